The summed E-state index contributed by atoms with van der Waals surface area (Å²) in [5.74, 6) is 1.38. The molecule has 0 saturated heterocycles. The lowest BCUT2D eigenvalue weighted by Gasteiger charge is -2.09. The summed E-state index contributed by atoms with van der Waals surface area (Å²) in [7, 11) is 3.17. The van der Waals surface area contributed by atoms with Gasteiger partial charge in [-0.1, -0.05) is 17.3 Å². The highest BCUT2D eigenvalue weighted by atomic mass is 35.5. The first-order valence-corrected chi connectivity index (χ1v) is 5.33. The van der Waals surface area contributed by atoms with E-state index in [4.69, 9.17) is 20.4 Å². The maximum Gasteiger partial charge on any atom is 0.170 e. The van der Waals surface area contributed by atoms with Crippen LogP contribution >= 0.6 is 12.4 Å². The fourth-order valence-electron chi connectivity index (χ4n) is 1.79. The van der Waals surface area contributed by atoms with Crippen molar-refractivity contribution in [2.24, 2.45) is 10.9 Å². The lowest BCUT2D eigenvalue weighted by atomic mass is 10.1. The Morgan fingerprint density at radius 1 is 1.05 bits per heavy atom. The van der Waals surface area contributed by atoms with Gasteiger partial charge in [-0.25, -0.2) is 0 Å². The van der Waals surface area contributed by atoms with Gasteiger partial charge >= 0.3 is 0 Å². The Kier molecular flexibility index (Phi) is 4.83. The van der Waals surface area contributed by atoms with E-state index >= 15 is 0 Å². The fraction of sp³-hybridized carbons (Fsp3) is 0.154. The molecule has 2 aromatic carbocycles. The monoisotopic (exact) mass is 282 g/mol. The molecule has 0 saturated carbocycles. The second kappa shape index (κ2) is 6.15. The molecular formula is C13H15ClN2O3. The summed E-state index contributed by atoms with van der Waals surface area (Å²) >= 11 is 0. The maximum atomic E-state index is 8.66. The van der Waals surface area contributed by atoms with Crippen LogP contribution in [0.2, 0.25) is 0 Å². The van der Waals surface area contributed by atoms with E-state index in [0.717, 1.165) is 10.8 Å². The van der Waals surface area contributed by atoms with Gasteiger partial charge in [-0.2, -0.15) is 0 Å². The number of rotatable bonds is 3. The van der Waals surface area contributed by atoms with Gasteiger partial charge in [0.15, 0.2) is 17.3 Å². The van der Waals surface area contributed by atoms with Crippen molar-refractivity contribution in [1.29, 1.82) is 0 Å². The molecule has 0 unspecified atom stereocenters. The SMILES string of the molecule is COc1cc2ccc(C(N)=NO)cc2cc1OC.Cl. The van der Waals surface area contributed by atoms with Crippen LogP contribution in [0.5, 0.6) is 11.5 Å². The van der Waals surface area contributed by atoms with Gasteiger partial charge in [-0.15, -0.1) is 12.4 Å². The van der Waals surface area contributed by atoms with Crippen LogP contribution in [0.25, 0.3) is 10.8 Å². The van der Waals surface area contributed by atoms with Gasteiger partial charge in [0, 0.05) is 5.56 Å². The van der Waals surface area contributed by atoms with Crippen molar-refractivity contribution in [2.45, 2.75) is 0 Å². The zero-order chi connectivity index (χ0) is 13.1. The van der Waals surface area contributed by atoms with E-state index in [1.165, 1.54) is 0 Å². The predicted molar refractivity (Wildman–Crippen MR) is 76.8 cm³/mol. The quantitative estimate of drug-likeness (QED) is 0.392. The predicted octanol–water partition coefficient (Wildman–Crippen LogP) is 2.37. The van der Waals surface area contributed by atoms with Crippen molar-refractivity contribution in [1.82, 2.24) is 0 Å². The second-order valence-electron chi connectivity index (χ2n) is 3.75. The Labute approximate surface area is 117 Å². The smallest absolute Gasteiger partial charge is 0.170 e. The van der Waals surface area contributed by atoms with Gasteiger partial charge in [-0.3, -0.25) is 0 Å². The summed E-state index contributed by atoms with van der Waals surface area (Å²) < 4.78 is 10.5. The first-order chi connectivity index (χ1) is 8.69. The Balaban J connectivity index is 0.00000180. The molecule has 19 heavy (non-hydrogen) atoms. The number of nitrogens with zero attached hydrogens (tertiary/aromatic N) is 1. The molecule has 0 aliphatic rings. The molecule has 0 aliphatic carbocycles. The number of amidine groups is 1. The van der Waals surface area contributed by atoms with E-state index in [0.29, 0.717) is 17.1 Å². The molecule has 2 aromatic rings. The molecule has 0 heterocycles. The third-order valence-corrected chi connectivity index (χ3v) is 2.75. The van der Waals surface area contributed by atoms with E-state index in [1.54, 1.807) is 20.3 Å². The van der Waals surface area contributed by atoms with E-state index in [2.05, 4.69) is 5.16 Å². The summed E-state index contributed by atoms with van der Waals surface area (Å²) in [6.45, 7) is 0. The highest BCUT2D eigenvalue weighted by Crippen LogP contribution is 2.32. The van der Waals surface area contributed by atoms with Crippen LogP contribution in [0, 0.1) is 0 Å². The minimum atomic E-state index is 0. The summed E-state index contributed by atoms with van der Waals surface area (Å²) in [5, 5.41) is 13.6. The third kappa shape index (κ3) is 2.82. The lowest BCUT2D eigenvalue weighted by Crippen LogP contribution is -2.12. The van der Waals surface area contributed by atoms with Crippen LogP contribution in [-0.4, -0.2) is 25.3 Å². The van der Waals surface area contributed by atoms with Crippen molar-refractivity contribution in [3.63, 3.8) is 0 Å². The highest BCUT2D eigenvalue weighted by molar-refractivity contribution is 6.01. The van der Waals surface area contributed by atoms with Crippen molar-refractivity contribution in [2.75, 3.05) is 14.2 Å². The van der Waals surface area contributed by atoms with Gasteiger partial charge in [-0.05, 0) is 29.0 Å². The van der Waals surface area contributed by atoms with Crippen molar-refractivity contribution >= 4 is 29.0 Å². The van der Waals surface area contributed by atoms with E-state index in [1.807, 2.05) is 24.3 Å². The summed E-state index contributed by atoms with van der Waals surface area (Å²) in [6, 6.07) is 9.22. The van der Waals surface area contributed by atoms with Crippen molar-refractivity contribution in [3.8, 4) is 11.5 Å². The molecular weight excluding hydrogens is 268 g/mol. The minimum Gasteiger partial charge on any atom is -0.493 e. The zero-order valence-electron chi connectivity index (χ0n) is 10.6. The number of halogens is 1. The highest BCUT2D eigenvalue weighted by Gasteiger charge is 2.07. The average Bonchev–Trinajstić information content (AvgIpc) is 2.44. The fourth-order valence-corrected chi connectivity index (χ4v) is 1.79. The van der Waals surface area contributed by atoms with Gasteiger partial charge in [0.1, 0.15) is 0 Å². The number of ether oxygens (including phenoxy) is 2. The van der Waals surface area contributed by atoms with Crippen LogP contribution in [-0.2, 0) is 0 Å². The molecule has 6 heteroatoms. The Hall–Kier alpha value is -2.14. The molecule has 5 nitrogen and oxygen atoms in total. The number of hydrogen-bond acceptors (Lipinski definition) is 4. The summed E-state index contributed by atoms with van der Waals surface area (Å²) in [6.07, 6.45) is 0. The number of nitrogens with two attached hydrogens (primary N) is 1. The number of methoxy groups -OCH3 is 2. The molecule has 0 radical (unpaired) electrons. The zero-order valence-corrected chi connectivity index (χ0v) is 11.4. The molecule has 3 N–H and O–H groups in total. The maximum absolute atomic E-state index is 8.66. The number of benzene rings is 2. The van der Waals surface area contributed by atoms with E-state index in [9.17, 15) is 0 Å². The first kappa shape index (κ1) is 14.9. The van der Waals surface area contributed by atoms with Crippen LogP contribution in [0.15, 0.2) is 35.5 Å². The van der Waals surface area contributed by atoms with Crippen LogP contribution in [0.4, 0.5) is 0 Å². The van der Waals surface area contributed by atoms with Gasteiger partial charge in [0.2, 0.25) is 0 Å². The Morgan fingerprint density at radius 2 is 1.63 bits per heavy atom. The summed E-state index contributed by atoms with van der Waals surface area (Å²) in [4.78, 5) is 0. The Morgan fingerprint density at radius 3 is 2.16 bits per heavy atom. The first-order valence-electron chi connectivity index (χ1n) is 5.33. The Bertz CT molecular complexity index is 614. The van der Waals surface area contributed by atoms with Crippen molar-refractivity contribution in [3.05, 3.63) is 35.9 Å². The minimum absolute atomic E-state index is 0. The standard InChI is InChI=1S/C13H14N2O3.ClH/c1-17-11-6-8-3-4-9(13(14)15-16)5-10(8)7-12(11)18-2;/h3-7,16H,1-2H3,(H2,14,15);1H. The molecule has 0 aliphatic heterocycles. The molecule has 0 amide bonds. The second-order valence-corrected chi connectivity index (χ2v) is 3.75. The summed E-state index contributed by atoms with van der Waals surface area (Å²) in [5.41, 5.74) is 6.21. The average molecular weight is 283 g/mol. The van der Waals surface area contributed by atoms with Gasteiger partial charge < -0.3 is 20.4 Å². The molecule has 0 aromatic heterocycles. The molecule has 2 rings (SSSR count). The number of fused-ring (bicyclic) bond motifs is 1. The van der Waals surface area contributed by atoms with Gasteiger partial charge in [0.05, 0.1) is 14.2 Å². The van der Waals surface area contributed by atoms with Crippen LogP contribution in [0.1, 0.15) is 5.56 Å². The van der Waals surface area contributed by atoms with Crippen LogP contribution in [0.3, 0.4) is 0 Å². The van der Waals surface area contributed by atoms with Crippen molar-refractivity contribution < 1.29 is 14.7 Å². The molecule has 0 bridgehead atoms. The number of hydrogen-bond donors (Lipinski definition) is 2. The normalized spacial score (nSPS) is 10.9. The lowest BCUT2D eigenvalue weighted by molar-refractivity contribution is 0.318. The molecule has 0 spiro atoms. The molecule has 0 atom stereocenters. The largest absolute Gasteiger partial charge is 0.493 e. The van der Waals surface area contributed by atoms with Gasteiger partial charge in [0.25, 0.3) is 0 Å². The molecule has 102 valence electrons. The topological polar surface area (TPSA) is 77.1 Å². The molecule has 0 fully saturated rings. The van der Waals surface area contributed by atoms with Crippen LogP contribution < -0.4 is 15.2 Å². The number of oxime groups is 1. The van der Waals surface area contributed by atoms with E-state index in [-0.39, 0.29) is 18.2 Å². The van der Waals surface area contributed by atoms with E-state index < -0.39 is 0 Å². The third-order valence-electron chi connectivity index (χ3n) is 2.75.